The standard InChI is InChI=1S/C15H29N3O2/c1-11(2)9-18-7-5-14(6-8-18)17-15(20)16-13(4)12(3)10-19/h12-14,19H,1,5-10H2,2-4H3,(H2,16,17,20). The summed E-state index contributed by atoms with van der Waals surface area (Å²) >= 11 is 0. The Bertz CT molecular complexity index is 325. The van der Waals surface area contributed by atoms with E-state index >= 15 is 0 Å². The first-order valence-electron chi connectivity index (χ1n) is 7.47. The van der Waals surface area contributed by atoms with Gasteiger partial charge in [0.1, 0.15) is 0 Å². The van der Waals surface area contributed by atoms with Crippen molar-refractivity contribution in [2.75, 3.05) is 26.2 Å². The van der Waals surface area contributed by atoms with Crippen molar-refractivity contribution >= 4 is 6.03 Å². The molecule has 2 unspecified atom stereocenters. The van der Waals surface area contributed by atoms with Crippen molar-refractivity contribution in [3.63, 3.8) is 0 Å². The van der Waals surface area contributed by atoms with Crippen LogP contribution in [0.1, 0.15) is 33.6 Å². The molecule has 3 N–H and O–H groups in total. The largest absolute Gasteiger partial charge is 0.396 e. The van der Waals surface area contributed by atoms with Gasteiger partial charge in [-0.1, -0.05) is 19.1 Å². The molecule has 0 aromatic rings. The summed E-state index contributed by atoms with van der Waals surface area (Å²) in [4.78, 5) is 14.2. The maximum atomic E-state index is 11.9. The van der Waals surface area contributed by atoms with Crippen LogP contribution in [-0.4, -0.2) is 54.4 Å². The average Bonchev–Trinajstić information content (AvgIpc) is 2.39. The summed E-state index contributed by atoms with van der Waals surface area (Å²) in [7, 11) is 0. The van der Waals surface area contributed by atoms with Crippen molar-refractivity contribution in [2.45, 2.75) is 45.7 Å². The monoisotopic (exact) mass is 283 g/mol. The minimum absolute atomic E-state index is 0.0245. The summed E-state index contributed by atoms with van der Waals surface area (Å²) in [6.07, 6.45) is 1.95. The first-order valence-corrected chi connectivity index (χ1v) is 7.47. The van der Waals surface area contributed by atoms with Gasteiger partial charge in [0.15, 0.2) is 0 Å². The lowest BCUT2D eigenvalue weighted by Crippen LogP contribution is -2.51. The first kappa shape index (κ1) is 17.0. The molecule has 0 aromatic heterocycles. The number of rotatable bonds is 6. The smallest absolute Gasteiger partial charge is 0.315 e. The van der Waals surface area contributed by atoms with Crippen LogP contribution in [0.2, 0.25) is 0 Å². The molecule has 2 amide bonds. The highest BCUT2D eigenvalue weighted by atomic mass is 16.3. The summed E-state index contributed by atoms with van der Waals surface area (Å²) in [5.74, 6) is 0.0677. The lowest BCUT2D eigenvalue weighted by Gasteiger charge is -2.32. The van der Waals surface area contributed by atoms with Crippen molar-refractivity contribution in [3.05, 3.63) is 12.2 Å². The number of likely N-dealkylation sites (tertiary alicyclic amines) is 1. The molecule has 5 heteroatoms. The number of nitrogens with zero attached hydrogens (tertiary/aromatic N) is 1. The van der Waals surface area contributed by atoms with E-state index in [0.29, 0.717) is 0 Å². The van der Waals surface area contributed by atoms with Crippen LogP contribution >= 0.6 is 0 Å². The molecule has 0 spiro atoms. The number of aliphatic hydroxyl groups is 1. The first-order chi connectivity index (χ1) is 9.42. The number of carbonyl (C=O) groups excluding carboxylic acids is 1. The van der Waals surface area contributed by atoms with Gasteiger partial charge >= 0.3 is 6.03 Å². The number of amides is 2. The van der Waals surface area contributed by atoms with E-state index in [1.165, 1.54) is 5.57 Å². The zero-order valence-electron chi connectivity index (χ0n) is 13.0. The highest BCUT2D eigenvalue weighted by Crippen LogP contribution is 2.11. The van der Waals surface area contributed by atoms with Gasteiger partial charge in [0.05, 0.1) is 0 Å². The predicted octanol–water partition coefficient (Wildman–Crippen LogP) is 1.34. The van der Waals surface area contributed by atoms with Gasteiger partial charge in [-0.3, -0.25) is 4.90 Å². The molecule has 0 aromatic carbocycles. The van der Waals surface area contributed by atoms with Crippen LogP contribution < -0.4 is 10.6 Å². The van der Waals surface area contributed by atoms with Gasteiger partial charge in [0.25, 0.3) is 0 Å². The summed E-state index contributed by atoms with van der Waals surface area (Å²) in [5.41, 5.74) is 1.18. The van der Waals surface area contributed by atoms with Crippen molar-refractivity contribution in [1.82, 2.24) is 15.5 Å². The maximum absolute atomic E-state index is 11.9. The lowest BCUT2D eigenvalue weighted by molar-refractivity contribution is 0.188. The lowest BCUT2D eigenvalue weighted by atomic mass is 10.0. The molecule has 0 aliphatic carbocycles. The Morgan fingerprint density at radius 3 is 2.50 bits per heavy atom. The topological polar surface area (TPSA) is 64.6 Å². The second-order valence-electron chi connectivity index (χ2n) is 6.07. The quantitative estimate of drug-likeness (QED) is 0.645. The normalized spacial score (nSPS) is 20.2. The maximum Gasteiger partial charge on any atom is 0.315 e. The highest BCUT2D eigenvalue weighted by molar-refractivity contribution is 5.74. The molecule has 0 saturated carbocycles. The molecule has 1 aliphatic heterocycles. The van der Waals surface area contributed by atoms with Gasteiger partial charge in [-0.2, -0.15) is 0 Å². The van der Waals surface area contributed by atoms with Crippen LogP contribution in [0.3, 0.4) is 0 Å². The Morgan fingerprint density at radius 1 is 1.40 bits per heavy atom. The van der Waals surface area contributed by atoms with Crippen molar-refractivity contribution in [3.8, 4) is 0 Å². The Kier molecular flexibility index (Phi) is 7.02. The summed E-state index contributed by atoms with van der Waals surface area (Å²) in [5, 5.41) is 15.0. The van der Waals surface area contributed by atoms with E-state index < -0.39 is 0 Å². The van der Waals surface area contributed by atoms with Crippen molar-refractivity contribution in [2.24, 2.45) is 5.92 Å². The molecule has 1 rings (SSSR count). The van der Waals surface area contributed by atoms with E-state index in [4.69, 9.17) is 5.11 Å². The van der Waals surface area contributed by atoms with Gasteiger partial charge < -0.3 is 15.7 Å². The zero-order valence-corrected chi connectivity index (χ0v) is 13.0. The van der Waals surface area contributed by atoms with Gasteiger partial charge in [-0.15, -0.1) is 0 Å². The third-order valence-corrected chi connectivity index (χ3v) is 3.92. The van der Waals surface area contributed by atoms with E-state index in [-0.39, 0.29) is 30.6 Å². The molecule has 116 valence electrons. The van der Waals surface area contributed by atoms with E-state index in [9.17, 15) is 4.79 Å². The Balaban J connectivity index is 2.26. The molecular weight excluding hydrogens is 254 g/mol. The SMILES string of the molecule is C=C(C)CN1CCC(NC(=O)NC(C)C(C)CO)CC1. The number of hydrogen-bond acceptors (Lipinski definition) is 3. The Labute approximate surface area is 122 Å². The van der Waals surface area contributed by atoms with E-state index in [1.54, 1.807) is 0 Å². The number of carbonyl (C=O) groups is 1. The minimum Gasteiger partial charge on any atom is -0.396 e. The van der Waals surface area contributed by atoms with Gasteiger partial charge in [0.2, 0.25) is 0 Å². The van der Waals surface area contributed by atoms with Crippen LogP contribution in [0.15, 0.2) is 12.2 Å². The fourth-order valence-electron chi connectivity index (χ4n) is 2.35. The molecule has 5 nitrogen and oxygen atoms in total. The van der Waals surface area contributed by atoms with Crippen LogP contribution in [0.5, 0.6) is 0 Å². The highest BCUT2D eigenvalue weighted by Gasteiger charge is 2.21. The molecule has 1 saturated heterocycles. The van der Waals surface area contributed by atoms with E-state index in [0.717, 1.165) is 32.5 Å². The number of urea groups is 1. The second kappa shape index (κ2) is 8.27. The third kappa shape index (κ3) is 5.92. The van der Waals surface area contributed by atoms with E-state index in [1.807, 2.05) is 20.8 Å². The molecule has 1 fully saturated rings. The van der Waals surface area contributed by atoms with Crippen LogP contribution in [0, 0.1) is 5.92 Å². The molecular formula is C15H29N3O2. The fourth-order valence-corrected chi connectivity index (χ4v) is 2.35. The minimum atomic E-state index is -0.129. The van der Waals surface area contributed by atoms with Gasteiger partial charge in [-0.25, -0.2) is 4.79 Å². The van der Waals surface area contributed by atoms with Crippen LogP contribution in [0.4, 0.5) is 4.79 Å². The third-order valence-electron chi connectivity index (χ3n) is 3.92. The van der Waals surface area contributed by atoms with Crippen LogP contribution in [-0.2, 0) is 0 Å². The number of piperidine rings is 1. The number of aliphatic hydroxyl groups excluding tert-OH is 1. The molecule has 2 atom stereocenters. The molecule has 1 heterocycles. The molecule has 20 heavy (non-hydrogen) atoms. The summed E-state index contributed by atoms with van der Waals surface area (Å²) < 4.78 is 0. The summed E-state index contributed by atoms with van der Waals surface area (Å²) in [6, 6.07) is 0.0904. The van der Waals surface area contributed by atoms with Gasteiger partial charge in [0, 0.05) is 38.3 Å². The van der Waals surface area contributed by atoms with Crippen LogP contribution in [0.25, 0.3) is 0 Å². The van der Waals surface area contributed by atoms with Crippen molar-refractivity contribution < 1.29 is 9.90 Å². The van der Waals surface area contributed by atoms with Crippen molar-refractivity contribution in [1.29, 1.82) is 0 Å². The number of hydrogen-bond donors (Lipinski definition) is 3. The number of nitrogens with one attached hydrogen (secondary N) is 2. The fraction of sp³-hybridized carbons (Fsp3) is 0.800. The molecule has 1 aliphatic rings. The average molecular weight is 283 g/mol. The molecule has 0 radical (unpaired) electrons. The molecule has 0 bridgehead atoms. The second-order valence-corrected chi connectivity index (χ2v) is 6.07. The summed E-state index contributed by atoms with van der Waals surface area (Å²) in [6.45, 7) is 12.8. The predicted molar refractivity (Wildman–Crippen MR) is 81.7 cm³/mol. The van der Waals surface area contributed by atoms with Gasteiger partial charge in [-0.05, 0) is 32.6 Å². The Hall–Kier alpha value is -1.07. The van der Waals surface area contributed by atoms with E-state index in [2.05, 4.69) is 22.1 Å². The zero-order chi connectivity index (χ0) is 15.1. The Morgan fingerprint density at radius 2 is 2.00 bits per heavy atom.